The lowest BCUT2D eigenvalue weighted by molar-refractivity contribution is -0.154. The number of hydrogen-bond donors (Lipinski definition) is 0. The second-order valence-corrected chi connectivity index (χ2v) is 6.80. The highest BCUT2D eigenvalue weighted by Crippen LogP contribution is 2.40. The van der Waals surface area contributed by atoms with Crippen molar-refractivity contribution in [2.75, 3.05) is 4.90 Å². The fourth-order valence-electron chi connectivity index (χ4n) is 3.58. The largest absolute Gasteiger partial charge is 0.460 e. The number of nitrogens with zero attached hydrogens (tertiary/aromatic N) is 1. The Morgan fingerprint density at radius 3 is 1.97 bits per heavy atom. The number of ether oxygens (including phenoxy) is 1. The maximum Gasteiger partial charge on any atom is 0.319 e. The molecule has 5 nitrogen and oxygen atoms in total. The van der Waals surface area contributed by atoms with Crippen LogP contribution in [0.4, 0.5) is 5.69 Å². The number of benzene rings is 3. The first kappa shape index (κ1) is 18.6. The molecule has 3 aromatic rings. The fourth-order valence-corrected chi connectivity index (χ4v) is 3.58. The molecule has 1 saturated heterocycles. The molecule has 0 radical (unpaired) electrons. The molecule has 0 aromatic heterocycles. The van der Waals surface area contributed by atoms with E-state index < -0.39 is 29.6 Å². The van der Waals surface area contributed by atoms with Gasteiger partial charge in [-0.3, -0.25) is 19.3 Å². The van der Waals surface area contributed by atoms with Crippen LogP contribution in [0.3, 0.4) is 0 Å². The van der Waals surface area contributed by atoms with Crippen LogP contribution < -0.4 is 4.90 Å². The van der Waals surface area contributed by atoms with Crippen molar-refractivity contribution >= 4 is 23.3 Å². The SMILES string of the molecule is O=C(OCc1ccccc1)C1C(=O)C(=O)N(c2ccccc2)C1c1ccccc1. The molecule has 1 amide bonds. The zero-order valence-electron chi connectivity index (χ0n) is 15.6. The molecule has 0 bridgehead atoms. The molecule has 144 valence electrons. The van der Waals surface area contributed by atoms with E-state index in [1.54, 1.807) is 24.3 Å². The Balaban J connectivity index is 1.68. The molecule has 0 N–H and O–H groups in total. The van der Waals surface area contributed by atoms with Gasteiger partial charge in [-0.2, -0.15) is 0 Å². The minimum atomic E-state index is -1.21. The van der Waals surface area contributed by atoms with E-state index in [0.717, 1.165) is 5.56 Å². The number of hydrogen-bond acceptors (Lipinski definition) is 4. The van der Waals surface area contributed by atoms with Crippen molar-refractivity contribution in [2.45, 2.75) is 12.6 Å². The molecule has 1 fully saturated rings. The summed E-state index contributed by atoms with van der Waals surface area (Å²) in [7, 11) is 0. The Bertz CT molecular complexity index is 1020. The van der Waals surface area contributed by atoms with E-state index in [4.69, 9.17) is 4.74 Å². The van der Waals surface area contributed by atoms with E-state index in [1.807, 2.05) is 66.7 Å². The summed E-state index contributed by atoms with van der Waals surface area (Å²) < 4.78 is 5.43. The van der Waals surface area contributed by atoms with Gasteiger partial charge in [-0.05, 0) is 23.3 Å². The van der Waals surface area contributed by atoms with Gasteiger partial charge in [0.2, 0.25) is 5.78 Å². The van der Waals surface area contributed by atoms with Crippen LogP contribution in [0.15, 0.2) is 91.0 Å². The molecule has 0 spiro atoms. The van der Waals surface area contributed by atoms with Crippen molar-refractivity contribution in [1.82, 2.24) is 0 Å². The number of Topliss-reactive ketones (excluding diaryl/α,β-unsaturated/α-hetero) is 1. The number of rotatable bonds is 5. The summed E-state index contributed by atoms with van der Waals surface area (Å²) in [5.74, 6) is -3.36. The standard InChI is InChI=1S/C24H19NO4/c26-22-20(24(28)29-16-17-10-4-1-5-11-17)21(18-12-6-2-7-13-18)25(23(22)27)19-14-8-3-9-15-19/h1-15,20-21H,16H2. The van der Waals surface area contributed by atoms with E-state index in [0.29, 0.717) is 11.3 Å². The molecule has 3 aromatic carbocycles. The van der Waals surface area contributed by atoms with Crippen molar-refractivity contribution in [1.29, 1.82) is 0 Å². The van der Waals surface area contributed by atoms with Gasteiger partial charge in [-0.15, -0.1) is 0 Å². The first-order valence-electron chi connectivity index (χ1n) is 9.35. The van der Waals surface area contributed by atoms with Gasteiger partial charge in [0.25, 0.3) is 5.91 Å². The topological polar surface area (TPSA) is 63.7 Å². The summed E-state index contributed by atoms with van der Waals surface area (Å²) in [6.07, 6.45) is 0. The van der Waals surface area contributed by atoms with Crippen LogP contribution in [0.1, 0.15) is 17.2 Å². The second kappa shape index (κ2) is 8.10. The van der Waals surface area contributed by atoms with Crippen LogP contribution in [0.2, 0.25) is 0 Å². The molecule has 1 aliphatic rings. The molecule has 29 heavy (non-hydrogen) atoms. The Morgan fingerprint density at radius 2 is 1.34 bits per heavy atom. The summed E-state index contributed by atoms with van der Waals surface area (Å²) in [5.41, 5.74) is 2.09. The lowest BCUT2D eigenvalue weighted by atomic mass is 9.92. The molecule has 2 atom stereocenters. The third-order valence-electron chi connectivity index (χ3n) is 4.96. The van der Waals surface area contributed by atoms with Gasteiger partial charge in [0.05, 0.1) is 6.04 Å². The Hall–Kier alpha value is -3.73. The van der Waals surface area contributed by atoms with Crippen molar-refractivity contribution in [3.63, 3.8) is 0 Å². The maximum absolute atomic E-state index is 12.9. The predicted octanol–water partition coefficient (Wildman–Crippen LogP) is 3.70. The van der Waals surface area contributed by atoms with Crippen molar-refractivity contribution in [3.8, 4) is 0 Å². The average molecular weight is 385 g/mol. The van der Waals surface area contributed by atoms with Crippen LogP contribution in [0, 0.1) is 5.92 Å². The van der Waals surface area contributed by atoms with Crippen molar-refractivity contribution < 1.29 is 19.1 Å². The number of carbonyl (C=O) groups excluding carboxylic acids is 3. The summed E-state index contributed by atoms with van der Waals surface area (Å²) >= 11 is 0. The van der Waals surface area contributed by atoms with E-state index in [1.165, 1.54) is 4.90 Å². The molecule has 5 heteroatoms. The number of anilines is 1. The maximum atomic E-state index is 12.9. The summed E-state index contributed by atoms with van der Waals surface area (Å²) in [6.45, 7) is 0.0461. The zero-order chi connectivity index (χ0) is 20.2. The van der Waals surface area contributed by atoms with Gasteiger partial charge in [-0.1, -0.05) is 78.9 Å². The highest BCUT2D eigenvalue weighted by molar-refractivity contribution is 6.47. The average Bonchev–Trinajstić information content (AvgIpc) is 3.05. The number of para-hydroxylation sites is 1. The first-order valence-corrected chi connectivity index (χ1v) is 9.35. The molecular weight excluding hydrogens is 366 g/mol. The highest BCUT2D eigenvalue weighted by atomic mass is 16.5. The van der Waals surface area contributed by atoms with E-state index in [9.17, 15) is 14.4 Å². The van der Waals surface area contributed by atoms with Crippen molar-refractivity contribution in [3.05, 3.63) is 102 Å². The monoisotopic (exact) mass is 385 g/mol. The third kappa shape index (κ3) is 3.67. The number of ketones is 1. The Labute approximate surface area is 168 Å². The normalized spacial score (nSPS) is 18.7. The molecule has 4 rings (SSSR count). The molecule has 0 aliphatic carbocycles. The van der Waals surface area contributed by atoms with Crippen molar-refractivity contribution in [2.24, 2.45) is 5.92 Å². The third-order valence-corrected chi connectivity index (χ3v) is 4.96. The minimum Gasteiger partial charge on any atom is -0.460 e. The lowest BCUT2D eigenvalue weighted by Crippen LogP contribution is -2.31. The van der Waals surface area contributed by atoms with Gasteiger partial charge in [0.15, 0.2) is 0 Å². The fraction of sp³-hybridized carbons (Fsp3) is 0.125. The highest BCUT2D eigenvalue weighted by Gasteiger charge is 2.53. The Morgan fingerprint density at radius 1 is 0.793 bits per heavy atom. The van der Waals surface area contributed by atoms with Crippen LogP contribution in [-0.4, -0.2) is 17.7 Å². The smallest absolute Gasteiger partial charge is 0.319 e. The molecule has 0 saturated carbocycles. The van der Waals surface area contributed by atoms with Gasteiger partial charge < -0.3 is 4.74 Å². The van der Waals surface area contributed by atoms with Gasteiger partial charge in [-0.25, -0.2) is 0 Å². The van der Waals surface area contributed by atoms with E-state index >= 15 is 0 Å². The molecular formula is C24H19NO4. The summed E-state index contributed by atoms with van der Waals surface area (Å²) in [5, 5.41) is 0. The number of amides is 1. The number of esters is 1. The molecule has 1 heterocycles. The second-order valence-electron chi connectivity index (χ2n) is 6.80. The van der Waals surface area contributed by atoms with E-state index in [-0.39, 0.29) is 6.61 Å². The predicted molar refractivity (Wildman–Crippen MR) is 108 cm³/mol. The minimum absolute atomic E-state index is 0.0461. The van der Waals surface area contributed by atoms with Crippen LogP contribution in [-0.2, 0) is 25.7 Å². The van der Waals surface area contributed by atoms with Crippen LogP contribution in [0.25, 0.3) is 0 Å². The van der Waals surface area contributed by atoms with Gasteiger partial charge >= 0.3 is 5.97 Å². The Kier molecular flexibility index (Phi) is 5.20. The van der Waals surface area contributed by atoms with Crippen LogP contribution >= 0.6 is 0 Å². The quantitative estimate of drug-likeness (QED) is 0.382. The zero-order valence-corrected chi connectivity index (χ0v) is 15.6. The lowest BCUT2D eigenvalue weighted by Gasteiger charge is -2.27. The van der Waals surface area contributed by atoms with Gasteiger partial charge in [0, 0.05) is 5.69 Å². The molecule has 2 unspecified atom stereocenters. The summed E-state index contributed by atoms with van der Waals surface area (Å²) in [6, 6.07) is 26.5. The molecule has 1 aliphatic heterocycles. The van der Waals surface area contributed by atoms with Crippen LogP contribution in [0.5, 0.6) is 0 Å². The van der Waals surface area contributed by atoms with Gasteiger partial charge in [0.1, 0.15) is 12.5 Å². The summed E-state index contributed by atoms with van der Waals surface area (Å²) in [4.78, 5) is 40.0. The first-order chi connectivity index (χ1) is 14.2. The van der Waals surface area contributed by atoms with E-state index in [2.05, 4.69) is 0 Å². The number of carbonyl (C=O) groups is 3.